The molecule has 6 nitrogen and oxygen atoms in total. The largest absolute Gasteiger partial charge is 0.550 e. The minimum atomic E-state index is -1.25. The molecule has 1 amide bonds. The van der Waals surface area contributed by atoms with Crippen molar-refractivity contribution >= 4 is 12.1 Å². The van der Waals surface area contributed by atoms with Gasteiger partial charge in [0.2, 0.25) is 0 Å². The molecule has 1 rings (SSSR count). The maximum absolute atomic E-state index is 11.9. The molecule has 1 N–H and O–H groups in total. The number of nitrogens with one attached hydrogen (secondary N) is 1. The smallest absolute Gasteiger partial charge is 0.408 e. The Morgan fingerprint density at radius 1 is 1.12 bits per heavy atom. The molecule has 1 atom stereocenters. The van der Waals surface area contributed by atoms with Crippen LogP contribution >= 0.6 is 0 Å². The Balaban J connectivity index is 2.66. The van der Waals surface area contributed by atoms with Gasteiger partial charge in [0.15, 0.2) is 0 Å². The molecule has 0 bridgehead atoms. The van der Waals surface area contributed by atoms with Crippen LogP contribution in [0.15, 0.2) is 24.3 Å². The second-order valence-electron chi connectivity index (χ2n) is 7.25. The van der Waals surface area contributed by atoms with Gasteiger partial charge in [-0.25, -0.2) is 4.79 Å². The van der Waals surface area contributed by atoms with E-state index in [1.165, 1.54) is 12.8 Å². The zero-order chi connectivity index (χ0) is 19.6. The number of carboxylic acids is 1. The first-order valence-electron chi connectivity index (χ1n) is 9.13. The minimum Gasteiger partial charge on any atom is -0.550 e. The summed E-state index contributed by atoms with van der Waals surface area (Å²) in [6, 6.07) is 6.30. The highest BCUT2D eigenvalue weighted by molar-refractivity contribution is 5.71. The predicted octanol–water partition coefficient (Wildman–Crippen LogP) is 3.35. The van der Waals surface area contributed by atoms with Crippen molar-refractivity contribution in [2.24, 2.45) is 0 Å². The first-order valence-corrected chi connectivity index (χ1v) is 9.13. The molecule has 1 aromatic rings. The molecule has 0 radical (unpaired) electrons. The number of benzene rings is 1. The van der Waals surface area contributed by atoms with E-state index in [1.807, 2.05) is 0 Å². The number of carbonyl (C=O) groups is 2. The highest BCUT2D eigenvalue weighted by Gasteiger charge is 2.20. The third-order valence-corrected chi connectivity index (χ3v) is 3.61. The van der Waals surface area contributed by atoms with Crippen LogP contribution in [0.5, 0.6) is 5.75 Å². The average Bonchev–Trinajstić information content (AvgIpc) is 2.52. The van der Waals surface area contributed by atoms with Gasteiger partial charge in [-0.05, 0) is 44.9 Å². The lowest BCUT2D eigenvalue weighted by Crippen LogP contribution is -2.37. The number of carboxylic acid groups (broad SMARTS) is 1. The monoisotopic (exact) mass is 364 g/mol. The van der Waals surface area contributed by atoms with Crippen molar-refractivity contribution in [2.75, 3.05) is 6.61 Å². The fraction of sp³-hybridized carbons (Fsp3) is 0.600. The minimum absolute atomic E-state index is 0.337. The number of carbonyl (C=O) groups excluding carboxylic acids is 2. The second-order valence-corrected chi connectivity index (χ2v) is 7.25. The van der Waals surface area contributed by atoms with Gasteiger partial charge in [0.25, 0.3) is 0 Å². The molecule has 146 valence electrons. The van der Waals surface area contributed by atoms with Crippen LogP contribution in [0.4, 0.5) is 4.79 Å². The summed E-state index contributed by atoms with van der Waals surface area (Å²) in [6.45, 7) is 8.04. The number of alkyl carbamates (subject to hydrolysis) is 1. The fourth-order valence-corrected chi connectivity index (χ4v) is 2.38. The molecular weight excluding hydrogens is 334 g/mol. The summed E-state index contributed by atoms with van der Waals surface area (Å²) in [5.74, 6) is -0.531. The number of ether oxygens (including phenoxy) is 2. The van der Waals surface area contributed by atoms with Crippen LogP contribution in [0.3, 0.4) is 0 Å². The normalized spacial score (nSPS) is 12.3. The van der Waals surface area contributed by atoms with Crippen molar-refractivity contribution in [3.8, 4) is 5.75 Å². The summed E-state index contributed by atoms with van der Waals surface area (Å²) in [5.41, 5.74) is -0.00984. The SMILES string of the molecule is CCCCCCOc1ccc([C@@H](CC(=O)[O-])NC(=O)OC(C)(C)C)cc1. The summed E-state index contributed by atoms with van der Waals surface area (Å²) < 4.78 is 10.9. The Morgan fingerprint density at radius 2 is 1.77 bits per heavy atom. The van der Waals surface area contributed by atoms with Crippen molar-refractivity contribution in [2.45, 2.75) is 71.4 Å². The molecule has 0 heterocycles. The van der Waals surface area contributed by atoms with Gasteiger partial charge in [-0.15, -0.1) is 0 Å². The topological polar surface area (TPSA) is 87.7 Å². The first kappa shape index (κ1) is 21.8. The molecule has 0 aliphatic rings. The third kappa shape index (κ3) is 9.30. The van der Waals surface area contributed by atoms with Gasteiger partial charge in [-0.2, -0.15) is 0 Å². The van der Waals surface area contributed by atoms with Gasteiger partial charge in [0, 0.05) is 12.4 Å². The average molecular weight is 364 g/mol. The van der Waals surface area contributed by atoms with E-state index in [0.717, 1.165) is 18.6 Å². The maximum Gasteiger partial charge on any atom is 0.408 e. The molecule has 0 aliphatic carbocycles. The van der Waals surface area contributed by atoms with Gasteiger partial charge in [0.05, 0.1) is 12.6 Å². The summed E-state index contributed by atoms with van der Waals surface area (Å²) in [6.07, 6.45) is 3.52. The van der Waals surface area contributed by atoms with E-state index in [9.17, 15) is 14.7 Å². The summed E-state index contributed by atoms with van der Waals surface area (Å²) >= 11 is 0. The number of unbranched alkanes of at least 4 members (excludes halogenated alkanes) is 3. The van der Waals surface area contributed by atoms with Crippen molar-refractivity contribution in [1.29, 1.82) is 0 Å². The molecule has 0 aliphatic heterocycles. The number of rotatable bonds is 10. The molecule has 26 heavy (non-hydrogen) atoms. The molecule has 0 saturated heterocycles. The Hall–Kier alpha value is -2.24. The van der Waals surface area contributed by atoms with Crippen LogP contribution in [-0.2, 0) is 9.53 Å². The van der Waals surface area contributed by atoms with Crippen LogP contribution in [0.2, 0.25) is 0 Å². The third-order valence-electron chi connectivity index (χ3n) is 3.61. The molecule has 0 unspecified atom stereocenters. The van der Waals surface area contributed by atoms with Gasteiger partial charge < -0.3 is 24.7 Å². The van der Waals surface area contributed by atoms with Crippen LogP contribution in [-0.4, -0.2) is 24.3 Å². The van der Waals surface area contributed by atoms with Crippen molar-refractivity contribution in [1.82, 2.24) is 5.32 Å². The first-order chi connectivity index (χ1) is 12.2. The van der Waals surface area contributed by atoms with Gasteiger partial charge in [-0.3, -0.25) is 0 Å². The number of amides is 1. The second kappa shape index (κ2) is 10.7. The quantitative estimate of drug-likeness (QED) is 0.643. The maximum atomic E-state index is 11.9. The molecule has 1 aromatic carbocycles. The van der Waals surface area contributed by atoms with Crippen LogP contribution < -0.4 is 15.2 Å². The lowest BCUT2D eigenvalue weighted by atomic mass is 10.0. The Labute approximate surface area is 155 Å². The standard InChI is InChI=1S/C20H31NO5/c1-5-6-7-8-13-25-16-11-9-15(10-12-16)17(14-18(22)23)21-19(24)26-20(2,3)4/h9-12,17H,5-8,13-14H2,1-4H3,(H,21,24)(H,22,23)/p-1/t17-/m1/s1. The summed E-state index contributed by atoms with van der Waals surface area (Å²) in [5, 5.41) is 13.6. The Morgan fingerprint density at radius 3 is 2.31 bits per heavy atom. The van der Waals surface area contributed by atoms with E-state index >= 15 is 0 Å². The number of aliphatic carboxylic acids is 1. The van der Waals surface area contributed by atoms with E-state index in [1.54, 1.807) is 45.0 Å². The Kier molecular flexibility index (Phi) is 8.96. The van der Waals surface area contributed by atoms with Gasteiger partial charge >= 0.3 is 6.09 Å². The lowest BCUT2D eigenvalue weighted by Gasteiger charge is -2.24. The van der Waals surface area contributed by atoms with Crippen LogP contribution in [0.1, 0.15) is 71.4 Å². The number of hydrogen-bond donors (Lipinski definition) is 1. The zero-order valence-electron chi connectivity index (χ0n) is 16.2. The van der Waals surface area contributed by atoms with E-state index in [4.69, 9.17) is 9.47 Å². The van der Waals surface area contributed by atoms with E-state index in [0.29, 0.717) is 12.2 Å². The highest BCUT2D eigenvalue weighted by atomic mass is 16.6. The lowest BCUT2D eigenvalue weighted by molar-refractivity contribution is -0.306. The van der Waals surface area contributed by atoms with E-state index in [-0.39, 0.29) is 6.42 Å². The van der Waals surface area contributed by atoms with E-state index < -0.39 is 23.7 Å². The molecule has 6 heteroatoms. The molecule has 0 aromatic heterocycles. The molecular formula is C20H30NO5-. The van der Waals surface area contributed by atoms with Gasteiger partial charge in [0.1, 0.15) is 11.4 Å². The van der Waals surface area contributed by atoms with Gasteiger partial charge in [-0.1, -0.05) is 38.3 Å². The fourth-order valence-electron chi connectivity index (χ4n) is 2.38. The summed E-state index contributed by atoms with van der Waals surface area (Å²) in [7, 11) is 0. The molecule has 0 saturated carbocycles. The van der Waals surface area contributed by atoms with Crippen molar-refractivity contribution in [3.63, 3.8) is 0 Å². The molecule has 0 fully saturated rings. The Bertz CT molecular complexity index is 563. The van der Waals surface area contributed by atoms with Crippen LogP contribution in [0, 0.1) is 0 Å². The zero-order valence-corrected chi connectivity index (χ0v) is 16.2. The highest BCUT2D eigenvalue weighted by Crippen LogP contribution is 2.21. The number of hydrogen-bond acceptors (Lipinski definition) is 5. The molecule has 0 spiro atoms. The summed E-state index contributed by atoms with van der Waals surface area (Å²) in [4.78, 5) is 23.0. The van der Waals surface area contributed by atoms with Crippen molar-refractivity contribution in [3.05, 3.63) is 29.8 Å². The van der Waals surface area contributed by atoms with Crippen LogP contribution in [0.25, 0.3) is 0 Å². The predicted molar refractivity (Wildman–Crippen MR) is 97.8 cm³/mol. The van der Waals surface area contributed by atoms with E-state index in [2.05, 4.69) is 12.2 Å². The van der Waals surface area contributed by atoms with Crippen molar-refractivity contribution < 1.29 is 24.2 Å².